The lowest BCUT2D eigenvalue weighted by Crippen LogP contribution is -2.10. The summed E-state index contributed by atoms with van der Waals surface area (Å²) in [5, 5.41) is 29.9. The Morgan fingerprint density at radius 1 is 0.168 bits per heavy atom. The van der Waals surface area contributed by atoms with Gasteiger partial charge >= 0.3 is 0 Å². The molecule has 30 rings (SSSR count). The summed E-state index contributed by atoms with van der Waals surface area (Å²) in [6.07, 6.45) is 0. The van der Waals surface area contributed by atoms with E-state index < -0.39 is 0 Å². The van der Waals surface area contributed by atoms with Crippen LogP contribution in [-0.4, -0.2) is 57.8 Å². The highest BCUT2D eigenvalue weighted by Gasteiger charge is 2.26. The molecule has 9 heterocycles. The van der Waals surface area contributed by atoms with Gasteiger partial charge in [0, 0.05) is 132 Å². The van der Waals surface area contributed by atoms with Crippen LogP contribution in [0.3, 0.4) is 0 Å². The molecule has 704 valence electrons. The van der Waals surface area contributed by atoms with Crippen molar-refractivity contribution < 1.29 is 13.6 Å². The molecule has 0 N–H and O–H groups in total. The first kappa shape index (κ1) is 86.9. The second kappa shape index (κ2) is 35.6. The van der Waals surface area contributed by atoms with Gasteiger partial charge < -0.3 is 41.0 Å². The van der Waals surface area contributed by atoms with Gasteiger partial charge in [0.2, 0.25) is 17.5 Å². The van der Waals surface area contributed by atoms with E-state index in [2.05, 4.69) is 467 Å². The Labute approximate surface area is 855 Å². The van der Waals surface area contributed by atoms with Crippen LogP contribution in [0.5, 0.6) is 0 Å². The van der Waals surface area contributed by atoms with Crippen LogP contribution in [0.2, 0.25) is 0 Å². The number of benzene rings is 21. The zero-order valence-electron chi connectivity index (χ0n) is 81.4. The van der Waals surface area contributed by atoms with Gasteiger partial charge in [0.05, 0.1) is 66.2 Å². The second-order valence-corrected chi connectivity index (χ2v) is 39.1. The molecule has 0 bridgehead atoms. The average molecular weight is 1920 g/mol. The standard InChI is InChI=1S/C48H30N4O.C44H28N4O.C42H32N4O/c1-2-12-32(13-3-1)47-49-48(53-50-47)33-21-24-35(25-22-33)51-43-19-8-7-17-40(43)42-30-36(26-28-46(42)51)52-44-20-9-6-16-39(44)41-29-34(23-27-45(41)52)38-18-10-14-31-11-4-5-15-37(31)38;1-3-11-29(12-4-1)32-21-25-41-37(27-32)35-15-7-10-18-40(35)48(41)34-24-26-42-38(28-34)36-16-8-9-17-39(36)47(42)33-22-19-31(20-23-33)44-45-43(46-49-44)30-13-5-2-6-14-30;1-42(2,3)29-19-23-38-34(25-29)32-13-7-10-16-37(32)46(38)31-22-24-39-35(26-31)33-14-8-9-15-36(33)45(39)30-20-17-28(18-21-30)41-43-40(44-47-41)27-11-5-4-6-12-27/h1-30H;1-28H;4-26H,1-3H3. The molecule has 30 aromatic rings. The number of hydrogen-bond acceptors (Lipinski definition) is 9. The molecule has 15 heteroatoms. The molecule has 0 aliphatic carbocycles. The highest BCUT2D eigenvalue weighted by molar-refractivity contribution is 6.17. The predicted molar refractivity (Wildman–Crippen MR) is 609 cm³/mol. The molecule has 0 spiro atoms. The van der Waals surface area contributed by atoms with Crippen molar-refractivity contribution in [2.75, 3.05) is 0 Å². The molecule has 0 saturated carbocycles. The summed E-state index contributed by atoms with van der Waals surface area (Å²) in [6, 6.07) is 174. The highest BCUT2D eigenvalue weighted by atomic mass is 16.5. The number of nitrogens with zero attached hydrogens (tertiary/aromatic N) is 12. The third-order valence-corrected chi connectivity index (χ3v) is 29.3. The van der Waals surface area contributed by atoms with Gasteiger partial charge in [0.1, 0.15) is 0 Å². The number of fused-ring (bicyclic) bond motifs is 19. The van der Waals surface area contributed by atoms with Gasteiger partial charge in [-0.25, -0.2) is 0 Å². The molecule has 0 aliphatic rings. The van der Waals surface area contributed by atoms with Crippen LogP contribution in [0.4, 0.5) is 0 Å². The van der Waals surface area contributed by atoms with E-state index in [-0.39, 0.29) is 5.41 Å². The van der Waals surface area contributed by atoms with Gasteiger partial charge in [-0.2, -0.15) is 15.0 Å². The zero-order valence-corrected chi connectivity index (χ0v) is 81.4. The molecule has 0 atom stereocenters. The van der Waals surface area contributed by atoms with Gasteiger partial charge in [-0.3, -0.25) is 0 Å². The van der Waals surface area contributed by atoms with E-state index >= 15 is 0 Å². The molecule has 0 aliphatic heterocycles. The summed E-state index contributed by atoms with van der Waals surface area (Å²) in [7, 11) is 0. The first-order valence-corrected chi connectivity index (χ1v) is 50.3. The molecule has 0 unspecified atom stereocenters. The fourth-order valence-corrected chi connectivity index (χ4v) is 22.2. The summed E-state index contributed by atoms with van der Waals surface area (Å²) in [5.74, 6) is 3.25. The van der Waals surface area contributed by atoms with E-state index in [1.165, 1.54) is 136 Å². The van der Waals surface area contributed by atoms with Crippen molar-refractivity contribution in [2.24, 2.45) is 0 Å². The minimum atomic E-state index is 0.0762. The Hall–Kier alpha value is -19.9. The molecule has 15 nitrogen and oxygen atoms in total. The lowest BCUT2D eigenvalue weighted by Gasteiger charge is -2.19. The van der Waals surface area contributed by atoms with Gasteiger partial charge in [0.15, 0.2) is 0 Å². The fourth-order valence-electron chi connectivity index (χ4n) is 22.2. The molecular weight excluding hydrogens is 1830 g/mol. The Morgan fingerprint density at radius 3 is 0.752 bits per heavy atom. The summed E-state index contributed by atoms with van der Waals surface area (Å²) in [6.45, 7) is 6.83. The number of para-hydroxylation sites is 6. The number of aromatic nitrogens is 12. The summed E-state index contributed by atoms with van der Waals surface area (Å²) in [5.41, 5.74) is 32.5. The first-order valence-electron chi connectivity index (χ1n) is 50.3. The van der Waals surface area contributed by atoms with E-state index in [1.807, 2.05) is 103 Å². The molecule has 9 aromatic heterocycles. The van der Waals surface area contributed by atoms with Crippen molar-refractivity contribution in [3.05, 3.63) is 497 Å². The van der Waals surface area contributed by atoms with Crippen LogP contribution in [-0.2, 0) is 5.41 Å². The molecule has 0 fully saturated rings. The van der Waals surface area contributed by atoms with Crippen molar-refractivity contribution in [3.63, 3.8) is 0 Å². The zero-order chi connectivity index (χ0) is 98.9. The predicted octanol–water partition coefficient (Wildman–Crippen LogP) is 34.6. The van der Waals surface area contributed by atoms with Crippen LogP contribution in [0.15, 0.2) is 505 Å². The summed E-state index contributed by atoms with van der Waals surface area (Å²) in [4.78, 5) is 14.0. The normalized spacial score (nSPS) is 11.9. The van der Waals surface area contributed by atoms with E-state index in [1.54, 1.807) is 0 Å². The maximum absolute atomic E-state index is 5.66. The lowest BCUT2D eigenvalue weighted by molar-refractivity contribution is 0.432. The van der Waals surface area contributed by atoms with Crippen molar-refractivity contribution in [3.8, 4) is 125 Å². The van der Waals surface area contributed by atoms with Crippen LogP contribution in [0, 0.1) is 0 Å². The Balaban J connectivity index is 0.000000108. The van der Waals surface area contributed by atoms with Gasteiger partial charge in [-0.05, 0) is 244 Å². The minimum Gasteiger partial charge on any atom is -0.334 e. The number of hydrogen-bond donors (Lipinski definition) is 0. The fraction of sp³-hybridized carbons (Fsp3) is 0.0299. The van der Waals surface area contributed by atoms with Crippen LogP contribution in [0.25, 0.3) is 267 Å². The summed E-state index contributed by atoms with van der Waals surface area (Å²) >= 11 is 0. The van der Waals surface area contributed by atoms with E-state index in [9.17, 15) is 0 Å². The molecule has 0 saturated heterocycles. The van der Waals surface area contributed by atoms with E-state index in [4.69, 9.17) is 13.6 Å². The third kappa shape index (κ3) is 15.0. The quantitative estimate of drug-likeness (QED) is 0.104. The maximum Gasteiger partial charge on any atom is 0.258 e. The molecular formula is C134H90N12O3. The maximum atomic E-state index is 5.66. The van der Waals surface area contributed by atoms with Gasteiger partial charge in [-0.15, -0.1) is 0 Å². The monoisotopic (exact) mass is 1910 g/mol. The van der Waals surface area contributed by atoms with E-state index in [0.29, 0.717) is 35.1 Å². The van der Waals surface area contributed by atoms with Gasteiger partial charge in [-0.1, -0.05) is 327 Å². The highest BCUT2D eigenvalue weighted by Crippen LogP contribution is 2.46. The second-order valence-electron chi connectivity index (χ2n) is 39.1. The van der Waals surface area contributed by atoms with E-state index in [0.717, 1.165) is 101 Å². The number of rotatable bonds is 14. The molecule has 149 heavy (non-hydrogen) atoms. The summed E-state index contributed by atoms with van der Waals surface area (Å²) < 4.78 is 31.2. The smallest absolute Gasteiger partial charge is 0.258 e. The topological polar surface area (TPSA) is 146 Å². The minimum absolute atomic E-state index is 0.0762. The first-order chi connectivity index (χ1) is 73.5. The Morgan fingerprint density at radius 2 is 0.409 bits per heavy atom. The largest absolute Gasteiger partial charge is 0.334 e. The van der Waals surface area contributed by atoms with Crippen molar-refractivity contribution in [2.45, 2.75) is 26.2 Å². The SMILES string of the molecule is CC(C)(C)c1ccc2c(c1)c1ccccc1n2-c1ccc2c(c1)c1ccccc1n2-c1ccc(-c2nc(-c3ccccc3)no2)cc1.c1ccc(-c2ccc3c(c2)c2ccccc2n3-c2ccc3c(c2)c2ccccc2n3-c2ccc(-c3nc(-c4ccccc4)no3)cc2)cc1.c1ccc(-c2noc(-c3ccc(-n4c5ccccc5c5cc(-n6c7ccccc7c7cc(-c8cccc9ccccc89)ccc76)ccc54)cc3)n2)cc1. The average Bonchev–Trinajstić information content (AvgIpc) is 1.58. The van der Waals surface area contributed by atoms with Gasteiger partial charge in [0.25, 0.3) is 17.7 Å². The van der Waals surface area contributed by atoms with Crippen LogP contribution in [0.1, 0.15) is 26.3 Å². The third-order valence-electron chi connectivity index (χ3n) is 29.3. The molecule has 0 amide bonds. The van der Waals surface area contributed by atoms with Crippen LogP contribution >= 0.6 is 0 Å². The molecule has 21 aromatic carbocycles. The Bertz CT molecular complexity index is 10500. The van der Waals surface area contributed by atoms with Crippen LogP contribution < -0.4 is 0 Å². The lowest BCUT2D eigenvalue weighted by atomic mass is 9.86. The van der Waals surface area contributed by atoms with Crippen molar-refractivity contribution in [1.82, 2.24) is 57.8 Å². The molecule has 0 radical (unpaired) electrons. The van der Waals surface area contributed by atoms with Crippen molar-refractivity contribution in [1.29, 1.82) is 0 Å². The van der Waals surface area contributed by atoms with Crippen molar-refractivity contribution >= 4 is 142 Å². The Kier molecular flexibility index (Phi) is 20.8.